The number of benzene rings is 1. The van der Waals surface area contributed by atoms with E-state index < -0.39 is 0 Å². The van der Waals surface area contributed by atoms with Gasteiger partial charge in [0.25, 0.3) is 0 Å². The van der Waals surface area contributed by atoms with Gasteiger partial charge in [0.2, 0.25) is 0 Å². The van der Waals surface area contributed by atoms with Crippen molar-refractivity contribution in [3.63, 3.8) is 0 Å². The van der Waals surface area contributed by atoms with Gasteiger partial charge >= 0.3 is 0 Å². The van der Waals surface area contributed by atoms with Crippen molar-refractivity contribution < 1.29 is 9.47 Å². The third kappa shape index (κ3) is 3.62. The second kappa shape index (κ2) is 6.61. The van der Waals surface area contributed by atoms with Crippen LogP contribution in [0, 0.1) is 6.92 Å². The first-order valence-corrected chi connectivity index (χ1v) is 6.50. The van der Waals surface area contributed by atoms with Gasteiger partial charge < -0.3 is 14.8 Å². The molecule has 1 aliphatic heterocycles. The Hall–Kier alpha value is -1.26. The van der Waals surface area contributed by atoms with E-state index >= 15 is 0 Å². The highest BCUT2D eigenvalue weighted by atomic mass is 16.5. The van der Waals surface area contributed by atoms with Gasteiger partial charge in [-0.05, 0) is 24.6 Å². The summed E-state index contributed by atoms with van der Waals surface area (Å²) in [5.41, 5.74) is 1.19. The third-order valence-electron chi connectivity index (χ3n) is 3.19. The van der Waals surface area contributed by atoms with E-state index in [-0.39, 0.29) is 0 Å². The average molecular weight is 250 g/mol. The van der Waals surface area contributed by atoms with Crippen molar-refractivity contribution in [3.8, 4) is 11.5 Å². The monoisotopic (exact) mass is 250 g/mol. The van der Waals surface area contributed by atoms with E-state index in [2.05, 4.69) is 17.1 Å². The molecular weight excluding hydrogens is 228 g/mol. The SMILES string of the molecule is COc1ccc(C)cc1OCCN1CCNCC1. The number of piperazine rings is 1. The van der Waals surface area contributed by atoms with Crippen molar-refractivity contribution in [2.75, 3.05) is 46.4 Å². The van der Waals surface area contributed by atoms with Gasteiger partial charge in [-0.15, -0.1) is 0 Å². The second-order valence-corrected chi connectivity index (χ2v) is 4.59. The summed E-state index contributed by atoms with van der Waals surface area (Å²) in [6.07, 6.45) is 0. The smallest absolute Gasteiger partial charge is 0.161 e. The van der Waals surface area contributed by atoms with Crippen LogP contribution in [0.2, 0.25) is 0 Å². The van der Waals surface area contributed by atoms with Gasteiger partial charge in [-0.1, -0.05) is 6.07 Å². The first-order valence-electron chi connectivity index (χ1n) is 6.50. The van der Waals surface area contributed by atoms with Crippen LogP contribution in [0.25, 0.3) is 0 Å². The Kier molecular flexibility index (Phi) is 4.84. The number of ether oxygens (including phenoxy) is 2. The molecular formula is C14H22N2O2. The summed E-state index contributed by atoms with van der Waals surface area (Å²) in [6.45, 7) is 8.10. The molecule has 0 aromatic heterocycles. The van der Waals surface area contributed by atoms with Crippen LogP contribution < -0.4 is 14.8 Å². The molecule has 1 N–H and O–H groups in total. The lowest BCUT2D eigenvalue weighted by Crippen LogP contribution is -2.44. The van der Waals surface area contributed by atoms with Crippen LogP contribution in [0.5, 0.6) is 11.5 Å². The molecule has 4 nitrogen and oxygen atoms in total. The lowest BCUT2D eigenvalue weighted by Gasteiger charge is -2.27. The largest absolute Gasteiger partial charge is 0.493 e. The Morgan fingerprint density at radius 1 is 1.22 bits per heavy atom. The van der Waals surface area contributed by atoms with Crippen molar-refractivity contribution in [1.82, 2.24) is 10.2 Å². The Labute approximate surface area is 109 Å². The molecule has 18 heavy (non-hydrogen) atoms. The van der Waals surface area contributed by atoms with Crippen LogP contribution >= 0.6 is 0 Å². The number of nitrogens with one attached hydrogen (secondary N) is 1. The lowest BCUT2D eigenvalue weighted by atomic mass is 10.2. The van der Waals surface area contributed by atoms with Crippen molar-refractivity contribution in [1.29, 1.82) is 0 Å². The molecule has 1 saturated heterocycles. The first kappa shape index (κ1) is 13.2. The third-order valence-corrected chi connectivity index (χ3v) is 3.19. The molecule has 1 aromatic carbocycles. The molecule has 0 spiro atoms. The first-order chi connectivity index (χ1) is 8.79. The minimum absolute atomic E-state index is 0.708. The number of methoxy groups -OCH3 is 1. The van der Waals surface area contributed by atoms with Crippen molar-refractivity contribution in [2.45, 2.75) is 6.92 Å². The number of hydrogen-bond donors (Lipinski definition) is 1. The van der Waals surface area contributed by atoms with Gasteiger partial charge in [0, 0.05) is 32.7 Å². The molecule has 1 aromatic rings. The van der Waals surface area contributed by atoms with Gasteiger partial charge in [0.15, 0.2) is 11.5 Å². The van der Waals surface area contributed by atoms with Crippen LogP contribution in [0.3, 0.4) is 0 Å². The number of hydrogen-bond acceptors (Lipinski definition) is 4. The van der Waals surface area contributed by atoms with Crippen molar-refractivity contribution in [3.05, 3.63) is 23.8 Å². The minimum Gasteiger partial charge on any atom is -0.493 e. The molecule has 1 heterocycles. The average Bonchev–Trinajstić information content (AvgIpc) is 2.40. The molecule has 1 fully saturated rings. The van der Waals surface area contributed by atoms with Crippen molar-refractivity contribution in [2.24, 2.45) is 0 Å². The summed E-state index contributed by atoms with van der Waals surface area (Å²) in [5.74, 6) is 1.65. The van der Waals surface area contributed by atoms with E-state index in [1.54, 1.807) is 7.11 Å². The second-order valence-electron chi connectivity index (χ2n) is 4.59. The topological polar surface area (TPSA) is 33.7 Å². The molecule has 0 bridgehead atoms. The number of nitrogens with zero attached hydrogens (tertiary/aromatic N) is 1. The highest BCUT2D eigenvalue weighted by molar-refractivity contribution is 5.42. The van der Waals surface area contributed by atoms with Gasteiger partial charge in [0.05, 0.1) is 7.11 Å². The maximum absolute atomic E-state index is 5.82. The predicted molar refractivity (Wildman–Crippen MR) is 72.5 cm³/mol. The maximum atomic E-state index is 5.82. The molecule has 0 aliphatic carbocycles. The van der Waals surface area contributed by atoms with E-state index in [0.29, 0.717) is 6.61 Å². The van der Waals surface area contributed by atoms with Gasteiger partial charge in [0.1, 0.15) is 6.61 Å². The molecule has 0 saturated carbocycles. The highest BCUT2D eigenvalue weighted by Gasteiger charge is 2.10. The molecule has 100 valence electrons. The quantitative estimate of drug-likeness (QED) is 0.854. The van der Waals surface area contributed by atoms with Crippen LogP contribution in [-0.4, -0.2) is 51.3 Å². The summed E-state index contributed by atoms with van der Waals surface area (Å²) < 4.78 is 11.1. The Balaban J connectivity index is 1.83. The van der Waals surface area contributed by atoms with Crippen LogP contribution in [0.1, 0.15) is 5.56 Å². The molecule has 2 rings (SSSR count). The lowest BCUT2D eigenvalue weighted by molar-refractivity contribution is 0.188. The molecule has 0 atom stereocenters. The van der Waals surface area contributed by atoms with Crippen LogP contribution in [0.15, 0.2) is 18.2 Å². The Bertz CT molecular complexity index is 376. The maximum Gasteiger partial charge on any atom is 0.161 e. The molecule has 0 unspecified atom stereocenters. The van der Waals surface area contributed by atoms with Crippen molar-refractivity contribution >= 4 is 0 Å². The molecule has 4 heteroatoms. The van der Waals surface area contributed by atoms with E-state index in [4.69, 9.17) is 9.47 Å². The van der Waals surface area contributed by atoms with Gasteiger partial charge in [-0.3, -0.25) is 4.90 Å². The van der Waals surface area contributed by atoms with Crippen LogP contribution in [-0.2, 0) is 0 Å². The fourth-order valence-electron chi connectivity index (χ4n) is 2.12. The number of rotatable bonds is 5. The zero-order valence-electron chi connectivity index (χ0n) is 11.2. The minimum atomic E-state index is 0.708. The Morgan fingerprint density at radius 3 is 2.72 bits per heavy atom. The predicted octanol–water partition coefficient (Wildman–Crippen LogP) is 1.29. The van der Waals surface area contributed by atoms with E-state index in [1.807, 2.05) is 18.2 Å². The summed E-state index contributed by atoms with van der Waals surface area (Å²) in [6, 6.07) is 6.01. The summed E-state index contributed by atoms with van der Waals surface area (Å²) in [7, 11) is 1.67. The summed E-state index contributed by atoms with van der Waals surface area (Å²) >= 11 is 0. The summed E-state index contributed by atoms with van der Waals surface area (Å²) in [5, 5.41) is 3.35. The Morgan fingerprint density at radius 2 is 2.00 bits per heavy atom. The van der Waals surface area contributed by atoms with Gasteiger partial charge in [-0.2, -0.15) is 0 Å². The van der Waals surface area contributed by atoms with E-state index in [1.165, 1.54) is 5.56 Å². The summed E-state index contributed by atoms with van der Waals surface area (Å²) in [4.78, 5) is 2.42. The van der Waals surface area contributed by atoms with Gasteiger partial charge in [-0.25, -0.2) is 0 Å². The fourth-order valence-corrected chi connectivity index (χ4v) is 2.12. The fraction of sp³-hybridized carbons (Fsp3) is 0.571. The zero-order valence-corrected chi connectivity index (χ0v) is 11.2. The van der Waals surface area contributed by atoms with E-state index in [9.17, 15) is 0 Å². The van der Waals surface area contributed by atoms with Crippen LogP contribution in [0.4, 0.5) is 0 Å². The standard InChI is InChI=1S/C14H22N2O2/c1-12-3-4-13(17-2)14(11-12)18-10-9-16-7-5-15-6-8-16/h3-4,11,15H,5-10H2,1-2H3. The highest BCUT2D eigenvalue weighted by Crippen LogP contribution is 2.27. The molecule has 1 aliphatic rings. The number of aryl methyl sites for hydroxylation is 1. The normalized spacial score (nSPS) is 16.6. The zero-order chi connectivity index (χ0) is 12.8. The van der Waals surface area contributed by atoms with E-state index in [0.717, 1.165) is 44.2 Å². The molecule has 0 radical (unpaired) electrons. The molecule has 0 amide bonds.